The monoisotopic (exact) mass is 265 g/mol. The number of ketones is 2. The Morgan fingerprint density at radius 1 is 1.05 bits per heavy atom. The molecule has 0 amide bonds. The molecule has 20 heavy (non-hydrogen) atoms. The Hall–Kier alpha value is -2.47. The van der Waals surface area contributed by atoms with Crippen LogP contribution in [0.4, 0.5) is 0 Å². The van der Waals surface area contributed by atoms with Gasteiger partial charge in [-0.15, -0.1) is 0 Å². The minimum Gasteiger partial charge on any atom is -0.299 e. The average molecular weight is 265 g/mol. The van der Waals surface area contributed by atoms with Crippen molar-refractivity contribution in [1.29, 1.82) is 5.26 Å². The summed E-state index contributed by atoms with van der Waals surface area (Å²) in [4.78, 5) is 23.2. The van der Waals surface area contributed by atoms with Gasteiger partial charge in [-0.2, -0.15) is 5.26 Å². The van der Waals surface area contributed by atoms with E-state index in [-0.39, 0.29) is 11.6 Å². The topological polar surface area (TPSA) is 57.9 Å². The van der Waals surface area contributed by atoms with Crippen molar-refractivity contribution in [1.82, 2.24) is 0 Å². The number of carbonyl (C=O) groups is 2. The molecule has 3 heteroatoms. The Bertz CT molecular complexity index is 711. The number of Topliss-reactive ketones (excluding diaryl/α,β-unsaturated/α-hetero) is 2. The zero-order valence-corrected chi connectivity index (χ0v) is 11.5. The molecule has 0 saturated carbocycles. The minimum absolute atomic E-state index is 0.119. The number of benzene rings is 2. The second-order valence-electron chi connectivity index (χ2n) is 4.91. The number of hydrogen-bond donors (Lipinski definition) is 0. The molecule has 0 fully saturated rings. The van der Waals surface area contributed by atoms with Gasteiger partial charge in [0, 0.05) is 0 Å². The van der Waals surface area contributed by atoms with Crippen molar-refractivity contribution >= 4 is 22.3 Å². The van der Waals surface area contributed by atoms with Crippen LogP contribution in [0.5, 0.6) is 0 Å². The Kier molecular flexibility index (Phi) is 3.95. The summed E-state index contributed by atoms with van der Waals surface area (Å²) >= 11 is 0. The fourth-order valence-corrected chi connectivity index (χ4v) is 2.43. The van der Waals surface area contributed by atoms with E-state index in [2.05, 4.69) is 6.07 Å². The fraction of sp³-hybridized carbons (Fsp3) is 0.235. The van der Waals surface area contributed by atoms with Crippen LogP contribution in [0.2, 0.25) is 0 Å². The zero-order valence-electron chi connectivity index (χ0n) is 11.5. The van der Waals surface area contributed by atoms with Gasteiger partial charge in [0.15, 0.2) is 0 Å². The van der Waals surface area contributed by atoms with Gasteiger partial charge in [0.1, 0.15) is 11.6 Å². The summed E-state index contributed by atoms with van der Waals surface area (Å²) in [5.41, 5.74) is 1.53. The lowest BCUT2D eigenvalue weighted by molar-refractivity contribution is -0.130. The molecule has 2 rings (SSSR count). The van der Waals surface area contributed by atoms with Crippen molar-refractivity contribution in [2.24, 2.45) is 5.92 Å². The Morgan fingerprint density at radius 3 is 2.20 bits per heavy atom. The Labute approximate surface area is 117 Å². The first-order valence-electron chi connectivity index (χ1n) is 6.46. The number of hydrogen-bond acceptors (Lipinski definition) is 3. The van der Waals surface area contributed by atoms with Crippen LogP contribution < -0.4 is 0 Å². The molecule has 2 aromatic rings. The molecule has 0 bridgehead atoms. The third-order valence-corrected chi connectivity index (χ3v) is 3.54. The van der Waals surface area contributed by atoms with E-state index in [4.69, 9.17) is 5.26 Å². The predicted molar refractivity (Wildman–Crippen MR) is 77.2 cm³/mol. The molecular weight excluding hydrogens is 250 g/mol. The minimum atomic E-state index is -0.605. The lowest BCUT2D eigenvalue weighted by atomic mass is 9.89. The maximum atomic E-state index is 11.6. The van der Waals surface area contributed by atoms with Crippen molar-refractivity contribution in [3.8, 4) is 6.07 Å². The first kappa shape index (κ1) is 14.0. The number of nitrogens with zero attached hydrogens (tertiary/aromatic N) is 1. The van der Waals surface area contributed by atoms with Gasteiger partial charge in [-0.25, -0.2) is 0 Å². The zero-order chi connectivity index (χ0) is 14.7. The summed E-state index contributed by atoms with van der Waals surface area (Å²) < 4.78 is 0. The van der Waals surface area contributed by atoms with Gasteiger partial charge in [-0.1, -0.05) is 30.3 Å². The summed E-state index contributed by atoms with van der Waals surface area (Å²) in [5.74, 6) is -0.844. The summed E-state index contributed by atoms with van der Waals surface area (Å²) in [6, 6.07) is 13.3. The molecule has 0 aromatic heterocycles. The molecule has 0 saturated heterocycles. The van der Waals surface area contributed by atoms with Crippen molar-refractivity contribution in [2.45, 2.75) is 20.3 Å². The third-order valence-electron chi connectivity index (χ3n) is 3.54. The van der Waals surface area contributed by atoms with Crippen LogP contribution >= 0.6 is 0 Å². The third kappa shape index (κ3) is 2.60. The first-order valence-corrected chi connectivity index (χ1v) is 6.46. The molecule has 0 aliphatic rings. The van der Waals surface area contributed by atoms with E-state index < -0.39 is 5.92 Å². The van der Waals surface area contributed by atoms with Crippen LogP contribution in [0.15, 0.2) is 36.4 Å². The SMILES string of the molecule is CC(=O)C(Cc1ccc(C#N)c2ccccc12)C(C)=O. The second-order valence-corrected chi connectivity index (χ2v) is 4.91. The molecule has 0 aliphatic carbocycles. The predicted octanol–water partition coefficient (Wildman–Crippen LogP) is 3.05. The molecule has 0 unspecified atom stereocenters. The quantitative estimate of drug-likeness (QED) is 0.798. The van der Waals surface area contributed by atoms with Crippen LogP contribution in [0.25, 0.3) is 10.8 Å². The van der Waals surface area contributed by atoms with E-state index in [0.717, 1.165) is 16.3 Å². The number of fused-ring (bicyclic) bond motifs is 1. The summed E-state index contributed by atoms with van der Waals surface area (Å²) in [6.07, 6.45) is 0.386. The Balaban J connectivity index is 2.54. The highest BCUT2D eigenvalue weighted by Gasteiger charge is 2.21. The molecule has 2 aromatic carbocycles. The van der Waals surface area contributed by atoms with E-state index in [1.54, 1.807) is 6.07 Å². The van der Waals surface area contributed by atoms with Gasteiger partial charge < -0.3 is 0 Å². The van der Waals surface area contributed by atoms with Crippen molar-refractivity contribution in [3.63, 3.8) is 0 Å². The number of carbonyl (C=O) groups excluding carboxylic acids is 2. The maximum Gasteiger partial charge on any atom is 0.140 e. The lowest BCUT2D eigenvalue weighted by Crippen LogP contribution is -2.22. The van der Waals surface area contributed by atoms with Gasteiger partial charge in [-0.3, -0.25) is 9.59 Å². The van der Waals surface area contributed by atoms with E-state index in [9.17, 15) is 9.59 Å². The highest BCUT2D eigenvalue weighted by atomic mass is 16.1. The smallest absolute Gasteiger partial charge is 0.140 e. The van der Waals surface area contributed by atoms with Gasteiger partial charge in [0.2, 0.25) is 0 Å². The van der Waals surface area contributed by atoms with Crippen molar-refractivity contribution in [3.05, 3.63) is 47.5 Å². The molecule has 0 atom stereocenters. The molecule has 0 radical (unpaired) electrons. The maximum absolute atomic E-state index is 11.6. The second kappa shape index (κ2) is 5.66. The summed E-state index contributed by atoms with van der Waals surface area (Å²) in [7, 11) is 0. The molecule has 3 nitrogen and oxygen atoms in total. The molecule has 0 heterocycles. The van der Waals surface area contributed by atoms with Crippen LogP contribution in [0, 0.1) is 17.2 Å². The van der Waals surface area contributed by atoms with Crippen LogP contribution in [0.3, 0.4) is 0 Å². The summed E-state index contributed by atoms with van der Waals surface area (Å²) in [5, 5.41) is 10.9. The molecule has 0 aliphatic heterocycles. The number of rotatable bonds is 4. The summed E-state index contributed by atoms with van der Waals surface area (Å²) in [6.45, 7) is 2.88. The standard InChI is InChI=1S/C17H15NO2/c1-11(19)17(12(2)20)9-13-7-8-14(10-18)16-6-4-3-5-15(13)16/h3-8,17H,9H2,1-2H3. The molecule has 100 valence electrons. The molecule has 0 N–H and O–H groups in total. The van der Waals surface area contributed by atoms with Crippen molar-refractivity contribution in [2.75, 3.05) is 0 Å². The van der Waals surface area contributed by atoms with Crippen LogP contribution in [-0.4, -0.2) is 11.6 Å². The van der Waals surface area contributed by atoms with Crippen LogP contribution in [-0.2, 0) is 16.0 Å². The molecular formula is C17H15NO2. The van der Waals surface area contributed by atoms with E-state index in [0.29, 0.717) is 12.0 Å². The normalized spacial score (nSPS) is 10.5. The highest BCUT2D eigenvalue weighted by Crippen LogP contribution is 2.25. The fourth-order valence-electron chi connectivity index (χ4n) is 2.43. The number of nitriles is 1. The Morgan fingerprint density at radius 2 is 1.65 bits per heavy atom. The van der Waals surface area contributed by atoms with E-state index in [1.807, 2.05) is 30.3 Å². The first-order chi connectivity index (χ1) is 9.54. The van der Waals surface area contributed by atoms with Gasteiger partial charge in [0.25, 0.3) is 0 Å². The van der Waals surface area contributed by atoms with E-state index >= 15 is 0 Å². The van der Waals surface area contributed by atoms with Crippen LogP contribution in [0.1, 0.15) is 25.0 Å². The van der Waals surface area contributed by atoms with Gasteiger partial charge in [-0.05, 0) is 42.7 Å². The lowest BCUT2D eigenvalue weighted by Gasteiger charge is -2.13. The van der Waals surface area contributed by atoms with E-state index in [1.165, 1.54) is 13.8 Å². The molecule has 0 spiro atoms. The average Bonchev–Trinajstić information content (AvgIpc) is 2.43. The van der Waals surface area contributed by atoms with Gasteiger partial charge >= 0.3 is 0 Å². The van der Waals surface area contributed by atoms with Gasteiger partial charge in [0.05, 0.1) is 17.6 Å². The largest absolute Gasteiger partial charge is 0.299 e. The van der Waals surface area contributed by atoms with Crippen molar-refractivity contribution < 1.29 is 9.59 Å². The highest BCUT2D eigenvalue weighted by molar-refractivity contribution is 6.01.